The summed E-state index contributed by atoms with van der Waals surface area (Å²) in [5.41, 5.74) is 1.16. The van der Waals surface area contributed by atoms with Crippen LogP contribution in [0.5, 0.6) is 5.75 Å². The second-order valence-electron chi connectivity index (χ2n) is 5.72. The van der Waals surface area contributed by atoms with Crippen LogP contribution in [0.1, 0.15) is 22.8 Å². The van der Waals surface area contributed by atoms with Crippen LogP contribution < -0.4 is 4.74 Å². The standard InChI is InChI=1S/C19H20O6S/c1-4-24-19(21)18(25-15-9-5-13(2)6-10-15)17(20)14-7-11-16(12-8-14)26(3,22)23/h5-12,18H,4H2,1-3H3. The third-order valence-electron chi connectivity index (χ3n) is 3.58. The molecule has 138 valence electrons. The quantitative estimate of drug-likeness (QED) is 0.419. The third-order valence-corrected chi connectivity index (χ3v) is 4.71. The average molecular weight is 376 g/mol. The van der Waals surface area contributed by atoms with Crippen molar-refractivity contribution in [2.45, 2.75) is 24.8 Å². The Morgan fingerprint density at radius 1 is 1.00 bits per heavy atom. The van der Waals surface area contributed by atoms with Crippen molar-refractivity contribution in [2.75, 3.05) is 12.9 Å². The zero-order chi connectivity index (χ0) is 19.3. The van der Waals surface area contributed by atoms with Crippen molar-refractivity contribution in [1.82, 2.24) is 0 Å². The molecule has 0 spiro atoms. The van der Waals surface area contributed by atoms with E-state index in [-0.39, 0.29) is 17.1 Å². The van der Waals surface area contributed by atoms with Gasteiger partial charge in [0.2, 0.25) is 5.78 Å². The number of sulfone groups is 1. The van der Waals surface area contributed by atoms with Crippen LogP contribution in [0.15, 0.2) is 53.4 Å². The Kier molecular flexibility index (Phi) is 6.15. The molecule has 0 amide bonds. The Morgan fingerprint density at radius 3 is 2.08 bits per heavy atom. The summed E-state index contributed by atoms with van der Waals surface area (Å²) < 4.78 is 33.5. The van der Waals surface area contributed by atoms with Crippen molar-refractivity contribution >= 4 is 21.6 Å². The highest BCUT2D eigenvalue weighted by Gasteiger charge is 2.31. The maximum atomic E-state index is 12.7. The van der Waals surface area contributed by atoms with Crippen LogP contribution in [-0.2, 0) is 19.4 Å². The highest BCUT2D eigenvalue weighted by molar-refractivity contribution is 7.90. The van der Waals surface area contributed by atoms with E-state index < -0.39 is 27.7 Å². The highest BCUT2D eigenvalue weighted by Crippen LogP contribution is 2.18. The Balaban J connectivity index is 2.30. The van der Waals surface area contributed by atoms with Gasteiger partial charge in [-0.25, -0.2) is 13.2 Å². The van der Waals surface area contributed by atoms with Gasteiger partial charge in [-0.3, -0.25) is 4.79 Å². The molecule has 0 aliphatic carbocycles. The molecule has 2 rings (SSSR count). The zero-order valence-electron chi connectivity index (χ0n) is 14.8. The van der Waals surface area contributed by atoms with Crippen LogP contribution >= 0.6 is 0 Å². The first-order valence-corrected chi connectivity index (χ1v) is 9.86. The number of carbonyl (C=O) groups is 2. The van der Waals surface area contributed by atoms with E-state index in [0.29, 0.717) is 5.75 Å². The normalized spacial score (nSPS) is 12.3. The fourth-order valence-electron chi connectivity index (χ4n) is 2.20. The number of benzene rings is 2. The molecule has 1 atom stereocenters. The summed E-state index contributed by atoms with van der Waals surface area (Å²) in [6.07, 6.45) is -0.395. The second-order valence-corrected chi connectivity index (χ2v) is 7.74. The number of ether oxygens (including phenoxy) is 2. The van der Waals surface area contributed by atoms with Gasteiger partial charge < -0.3 is 9.47 Å². The fraction of sp³-hybridized carbons (Fsp3) is 0.263. The molecule has 0 saturated carbocycles. The highest BCUT2D eigenvalue weighted by atomic mass is 32.2. The molecular weight excluding hydrogens is 356 g/mol. The molecule has 1 unspecified atom stereocenters. The largest absolute Gasteiger partial charge is 0.470 e. The minimum atomic E-state index is -3.38. The zero-order valence-corrected chi connectivity index (χ0v) is 15.6. The van der Waals surface area contributed by atoms with E-state index in [1.165, 1.54) is 24.3 Å². The van der Waals surface area contributed by atoms with Crippen LogP contribution in [0, 0.1) is 6.92 Å². The average Bonchev–Trinajstić information content (AvgIpc) is 2.60. The molecule has 0 aromatic heterocycles. The van der Waals surface area contributed by atoms with Crippen molar-refractivity contribution in [3.63, 3.8) is 0 Å². The minimum Gasteiger partial charge on any atom is -0.470 e. The van der Waals surface area contributed by atoms with Gasteiger partial charge in [-0.1, -0.05) is 17.7 Å². The van der Waals surface area contributed by atoms with Gasteiger partial charge >= 0.3 is 5.97 Å². The van der Waals surface area contributed by atoms with E-state index in [2.05, 4.69) is 0 Å². The molecule has 0 bridgehead atoms. The second kappa shape index (κ2) is 8.14. The molecule has 26 heavy (non-hydrogen) atoms. The predicted octanol–water partition coefficient (Wildman–Crippen LogP) is 2.59. The number of rotatable bonds is 7. The molecule has 0 saturated heterocycles. The number of esters is 1. The molecule has 7 heteroatoms. The first kappa shape index (κ1) is 19.7. The lowest BCUT2D eigenvalue weighted by Crippen LogP contribution is -2.37. The van der Waals surface area contributed by atoms with Crippen molar-refractivity contribution in [3.05, 3.63) is 59.7 Å². The van der Waals surface area contributed by atoms with Crippen LogP contribution in [0.4, 0.5) is 0 Å². The molecule has 0 aliphatic rings. The summed E-state index contributed by atoms with van der Waals surface area (Å²) in [7, 11) is -3.38. The smallest absolute Gasteiger partial charge is 0.355 e. The third kappa shape index (κ3) is 4.92. The Labute approximate surface area is 152 Å². The Bertz CT molecular complexity index is 883. The first-order valence-electron chi connectivity index (χ1n) is 7.96. The number of ketones is 1. The van der Waals surface area contributed by atoms with Gasteiger partial charge in [0, 0.05) is 11.8 Å². The van der Waals surface area contributed by atoms with E-state index in [1.807, 2.05) is 6.92 Å². The fourth-order valence-corrected chi connectivity index (χ4v) is 2.83. The summed E-state index contributed by atoms with van der Waals surface area (Å²) >= 11 is 0. The van der Waals surface area contributed by atoms with Gasteiger partial charge in [-0.15, -0.1) is 0 Å². The summed E-state index contributed by atoms with van der Waals surface area (Å²) in [5, 5.41) is 0. The molecule has 0 N–H and O–H groups in total. The summed E-state index contributed by atoms with van der Waals surface area (Å²) in [6.45, 7) is 3.64. The first-order chi connectivity index (χ1) is 12.2. The molecule has 2 aromatic carbocycles. The van der Waals surface area contributed by atoms with E-state index in [4.69, 9.17) is 9.47 Å². The summed E-state index contributed by atoms with van der Waals surface area (Å²) in [4.78, 5) is 25.0. The number of hydrogen-bond acceptors (Lipinski definition) is 6. The number of aryl methyl sites for hydroxylation is 1. The van der Waals surface area contributed by atoms with E-state index >= 15 is 0 Å². The van der Waals surface area contributed by atoms with Gasteiger partial charge in [0.25, 0.3) is 6.10 Å². The van der Waals surface area contributed by atoms with Gasteiger partial charge in [-0.2, -0.15) is 0 Å². The number of carbonyl (C=O) groups excluding carboxylic acids is 2. The monoisotopic (exact) mass is 376 g/mol. The molecule has 0 heterocycles. The van der Waals surface area contributed by atoms with E-state index in [0.717, 1.165) is 11.8 Å². The van der Waals surface area contributed by atoms with Crippen molar-refractivity contribution in [1.29, 1.82) is 0 Å². The van der Waals surface area contributed by atoms with E-state index in [1.54, 1.807) is 31.2 Å². The summed E-state index contributed by atoms with van der Waals surface area (Å²) in [5.74, 6) is -1.05. The molecular formula is C19H20O6S. The van der Waals surface area contributed by atoms with Gasteiger partial charge in [0.15, 0.2) is 9.84 Å². The van der Waals surface area contributed by atoms with Crippen LogP contribution in [0.2, 0.25) is 0 Å². The minimum absolute atomic E-state index is 0.0844. The lowest BCUT2D eigenvalue weighted by Gasteiger charge is -2.17. The van der Waals surface area contributed by atoms with Crippen molar-refractivity contribution < 1.29 is 27.5 Å². The molecule has 0 aliphatic heterocycles. The lowest BCUT2D eigenvalue weighted by atomic mass is 10.1. The summed E-state index contributed by atoms with van der Waals surface area (Å²) in [6, 6.07) is 12.2. The van der Waals surface area contributed by atoms with Gasteiger partial charge in [0.1, 0.15) is 5.75 Å². The van der Waals surface area contributed by atoms with Gasteiger partial charge in [-0.05, 0) is 50.2 Å². The van der Waals surface area contributed by atoms with Crippen LogP contribution in [0.3, 0.4) is 0 Å². The Hall–Kier alpha value is -2.67. The molecule has 0 fully saturated rings. The number of Topliss-reactive ketones (excluding diaryl/α,β-unsaturated/α-hetero) is 1. The topological polar surface area (TPSA) is 86.7 Å². The number of hydrogen-bond donors (Lipinski definition) is 0. The van der Waals surface area contributed by atoms with Crippen molar-refractivity contribution in [3.8, 4) is 5.75 Å². The van der Waals surface area contributed by atoms with Crippen LogP contribution in [0.25, 0.3) is 0 Å². The van der Waals surface area contributed by atoms with Gasteiger partial charge in [0.05, 0.1) is 11.5 Å². The molecule has 6 nitrogen and oxygen atoms in total. The van der Waals surface area contributed by atoms with Crippen LogP contribution in [-0.4, -0.2) is 39.1 Å². The molecule has 0 radical (unpaired) electrons. The van der Waals surface area contributed by atoms with Crippen molar-refractivity contribution in [2.24, 2.45) is 0 Å². The molecule has 2 aromatic rings. The Morgan fingerprint density at radius 2 is 1.58 bits per heavy atom. The predicted molar refractivity (Wildman–Crippen MR) is 96.1 cm³/mol. The maximum Gasteiger partial charge on any atom is 0.355 e. The van der Waals surface area contributed by atoms with E-state index in [9.17, 15) is 18.0 Å². The maximum absolute atomic E-state index is 12.7. The SMILES string of the molecule is CCOC(=O)C(Oc1ccc(C)cc1)C(=O)c1ccc(S(C)(=O)=O)cc1. The lowest BCUT2D eigenvalue weighted by molar-refractivity contribution is -0.149.